The van der Waals surface area contributed by atoms with Crippen molar-refractivity contribution in [2.24, 2.45) is 5.73 Å². The molecule has 3 N–H and O–H groups in total. The predicted octanol–water partition coefficient (Wildman–Crippen LogP) is 1.27. The second kappa shape index (κ2) is 3.29. The molecule has 2 atom stereocenters. The first-order valence-electron chi connectivity index (χ1n) is 4.51. The van der Waals surface area contributed by atoms with Crippen LogP contribution in [0.4, 0.5) is 8.78 Å². The molecular weight excluding hydrogens is 188 g/mol. The van der Waals surface area contributed by atoms with Gasteiger partial charge in [0.05, 0.1) is 12.1 Å². The first-order chi connectivity index (χ1) is 6.59. The van der Waals surface area contributed by atoms with E-state index in [1.165, 1.54) is 6.07 Å². The zero-order valence-corrected chi connectivity index (χ0v) is 7.50. The van der Waals surface area contributed by atoms with Crippen LogP contribution in [0.5, 0.6) is 0 Å². The standard InChI is InChI=1S/C10H11F2NO/c11-5-3-7-6(8(12)4-5)1-2-9(14)10(7)13/h3-4,9-10,14H,1-2,13H2/t9-,10+/m1/s1. The molecule has 1 aliphatic carbocycles. The molecule has 76 valence electrons. The number of halogens is 2. The number of hydrogen-bond donors (Lipinski definition) is 2. The van der Waals surface area contributed by atoms with E-state index < -0.39 is 23.8 Å². The largest absolute Gasteiger partial charge is 0.391 e. The molecule has 0 spiro atoms. The van der Waals surface area contributed by atoms with E-state index in [4.69, 9.17) is 5.73 Å². The van der Waals surface area contributed by atoms with E-state index in [1.807, 2.05) is 0 Å². The maximum Gasteiger partial charge on any atom is 0.129 e. The van der Waals surface area contributed by atoms with Gasteiger partial charge in [0.1, 0.15) is 11.6 Å². The van der Waals surface area contributed by atoms with Gasteiger partial charge < -0.3 is 10.8 Å². The van der Waals surface area contributed by atoms with Crippen molar-refractivity contribution in [1.82, 2.24) is 0 Å². The van der Waals surface area contributed by atoms with Gasteiger partial charge in [-0.3, -0.25) is 0 Å². The Morgan fingerprint density at radius 2 is 2.07 bits per heavy atom. The number of hydrogen-bond acceptors (Lipinski definition) is 2. The first kappa shape index (κ1) is 9.55. The van der Waals surface area contributed by atoms with Crippen LogP contribution in [0.2, 0.25) is 0 Å². The van der Waals surface area contributed by atoms with Crippen LogP contribution in [-0.4, -0.2) is 11.2 Å². The molecule has 0 amide bonds. The van der Waals surface area contributed by atoms with Gasteiger partial charge in [0.2, 0.25) is 0 Å². The number of nitrogens with two attached hydrogens (primary N) is 1. The zero-order chi connectivity index (χ0) is 10.3. The van der Waals surface area contributed by atoms with Gasteiger partial charge in [0.15, 0.2) is 0 Å². The van der Waals surface area contributed by atoms with Gasteiger partial charge in [-0.15, -0.1) is 0 Å². The lowest BCUT2D eigenvalue weighted by Gasteiger charge is -2.27. The molecule has 1 aliphatic rings. The molecule has 0 fully saturated rings. The Labute approximate surface area is 80.4 Å². The number of benzene rings is 1. The molecule has 2 nitrogen and oxygen atoms in total. The summed E-state index contributed by atoms with van der Waals surface area (Å²) < 4.78 is 26.1. The highest BCUT2D eigenvalue weighted by Gasteiger charge is 2.27. The van der Waals surface area contributed by atoms with Gasteiger partial charge >= 0.3 is 0 Å². The molecule has 0 saturated heterocycles. The molecule has 0 aliphatic heterocycles. The SMILES string of the molecule is N[C@H]1c2cc(F)cc(F)c2CC[C@H]1O. The van der Waals surface area contributed by atoms with Crippen LogP contribution in [0.15, 0.2) is 12.1 Å². The van der Waals surface area contributed by atoms with E-state index in [-0.39, 0.29) is 0 Å². The molecule has 1 aromatic carbocycles. The molecule has 0 aromatic heterocycles. The Bertz CT molecular complexity index is 367. The molecular formula is C10H11F2NO. The summed E-state index contributed by atoms with van der Waals surface area (Å²) in [7, 11) is 0. The second-order valence-corrected chi connectivity index (χ2v) is 3.59. The topological polar surface area (TPSA) is 46.2 Å². The summed E-state index contributed by atoms with van der Waals surface area (Å²) in [6.07, 6.45) is 0.135. The van der Waals surface area contributed by atoms with E-state index in [0.29, 0.717) is 24.0 Å². The quantitative estimate of drug-likeness (QED) is 0.661. The summed E-state index contributed by atoms with van der Waals surface area (Å²) in [5.41, 5.74) is 6.47. The Kier molecular flexibility index (Phi) is 2.25. The van der Waals surface area contributed by atoms with E-state index in [9.17, 15) is 13.9 Å². The number of aliphatic hydroxyl groups is 1. The van der Waals surface area contributed by atoms with E-state index >= 15 is 0 Å². The Morgan fingerprint density at radius 3 is 2.79 bits per heavy atom. The Balaban J connectivity index is 2.54. The zero-order valence-electron chi connectivity index (χ0n) is 7.50. The average molecular weight is 199 g/mol. The molecule has 14 heavy (non-hydrogen) atoms. The molecule has 0 heterocycles. The number of fused-ring (bicyclic) bond motifs is 1. The minimum atomic E-state index is -0.705. The van der Waals surface area contributed by atoms with Crippen LogP contribution in [0.3, 0.4) is 0 Å². The fraction of sp³-hybridized carbons (Fsp3) is 0.400. The van der Waals surface area contributed by atoms with Gasteiger partial charge in [-0.05, 0) is 30.0 Å². The van der Waals surface area contributed by atoms with Crippen molar-refractivity contribution in [3.8, 4) is 0 Å². The van der Waals surface area contributed by atoms with Crippen LogP contribution in [0.1, 0.15) is 23.6 Å². The van der Waals surface area contributed by atoms with Gasteiger partial charge in [-0.2, -0.15) is 0 Å². The summed E-state index contributed by atoms with van der Waals surface area (Å²) in [5, 5.41) is 9.44. The van der Waals surface area contributed by atoms with Crippen LogP contribution < -0.4 is 5.73 Å². The first-order valence-corrected chi connectivity index (χ1v) is 4.51. The van der Waals surface area contributed by atoms with Gasteiger partial charge in [-0.25, -0.2) is 8.78 Å². The minimum absolute atomic E-state index is 0.390. The molecule has 4 heteroatoms. The third-order valence-corrected chi connectivity index (χ3v) is 2.66. The lowest BCUT2D eigenvalue weighted by Crippen LogP contribution is -2.32. The highest BCUT2D eigenvalue weighted by Crippen LogP contribution is 2.30. The summed E-state index contributed by atoms with van der Waals surface area (Å²) in [5.74, 6) is -1.21. The van der Waals surface area contributed by atoms with Crippen LogP contribution in [0.25, 0.3) is 0 Å². The third-order valence-electron chi connectivity index (χ3n) is 2.66. The lowest BCUT2D eigenvalue weighted by atomic mass is 9.86. The summed E-state index contributed by atoms with van der Waals surface area (Å²) in [6, 6.07) is 1.37. The highest BCUT2D eigenvalue weighted by atomic mass is 19.1. The molecule has 0 unspecified atom stereocenters. The van der Waals surface area contributed by atoms with Crippen molar-refractivity contribution in [2.75, 3.05) is 0 Å². The van der Waals surface area contributed by atoms with E-state index in [0.717, 1.165) is 6.07 Å². The number of rotatable bonds is 0. The summed E-state index contributed by atoms with van der Waals surface area (Å²) in [6.45, 7) is 0. The minimum Gasteiger partial charge on any atom is -0.391 e. The predicted molar refractivity (Wildman–Crippen MR) is 47.6 cm³/mol. The van der Waals surface area contributed by atoms with Gasteiger partial charge in [0, 0.05) is 6.07 Å². The van der Waals surface area contributed by atoms with Crippen molar-refractivity contribution < 1.29 is 13.9 Å². The van der Waals surface area contributed by atoms with E-state index in [1.54, 1.807) is 0 Å². The fourth-order valence-electron chi connectivity index (χ4n) is 1.86. The molecule has 0 radical (unpaired) electrons. The summed E-state index contributed by atoms with van der Waals surface area (Å²) in [4.78, 5) is 0. The smallest absolute Gasteiger partial charge is 0.129 e. The van der Waals surface area contributed by atoms with Gasteiger partial charge in [0.25, 0.3) is 0 Å². The molecule has 0 saturated carbocycles. The monoisotopic (exact) mass is 199 g/mol. The van der Waals surface area contributed by atoms with Crippen LogP contribution in [-0.2, 0) is 6.42 Å². The number of aliphatic hydroxyl groups excluding tert-OH is 1. The Hall–Kier alpha value is -1.00. The lowest BCUT2D eigenvalue weighted by molar-refractivity contribution is 0.127. The van der Waals surface area contributed by atoms with Crippen molar-refractivity contribution in [3.05, 3.63) is 34.9 Å². The normalized spacial score (nSPS) is 26.0. The maximum atomic E-state index is 13.3. The highest BCUT2D eigenvalue weighted by molar-refractivity contribution is 5.35. The van der Waals surface area contributed by atoms with Crippen LogP contribution >= 0.6 is 0 Å². The molecule has 1 aromatic rings. The van der Waals surface area contributed by atoms with E-state index in [2.05, 4.69) is 0 Å². The van der Waals surface area contributed by atoms with Crippen LogP contribution in [0, 0.1) is 11.6 Å². The molecule has 2 rings (SSSR count). The fourth-order valence-corrected chi connectivity index (χ4v) is 1.86. The maximum absolute atomic E-state index is 13.3. The summed E-state index contributed by atoms with van der Waals surface area (Å²) >= 11 is 0. The van der Waals surface area contributed by atoms with Crippen molar-refractivity contribution >= 4 is 0 Å². The third kappa shape index (κ3) is 1.40. The molecule has 0 bridgehead atoms. The van der Waals surface area contributed by atoms with Crippen molar-refractivity contribution in [1.29, 1.82) is 0 Å². The Morgan fingerprint density at radius 1 is 1.36 bits per heavy atom. The second-order valence-electron chi connectivity index (χ2n) is 3.59. The van der Waals surface area contributed by atoms with Crippen molar-refractivity contribution in [2.45, 2.75) is 25.0 Å². The van der Waals surface area contributed by atoms with Crippen molar-refractivity contribution in [3.63, 3.8) is 0 Å². The average Bonchev–Trinajstić information content (AvgIpc) is 2.12. The van der Waals surface area contributed by atoms with Gasteiger partial charge in [-0.1, -0.05) is 0 Å².